The molecular formula is C16H23N5O2. The van der Waals surface area contributed by atoms with Gasteiger partial charge in [0.15, 0.2) is 0 Å². The van der Waals surface area contributed by atoms with Crippen molar-refractivity contribution < 1.29 is 9.90 Å². The van der Waals surface area contributed by atoms with Crippen LogP contribution in [0.15, 0.2) is 37.1 Å². The first kappa shape index (κ1) is 17.0. The first-order valence-electron chi connectivity index (χ1n) is 7.49. The van der Waals surface area contributed by atoms with Crippen molar-refractivity contribution >= 4 is 6.03 Å². The minimum Gasteiger partial charge on any atom is -0.391 e. The number of aromatic nitrogens is 3. The Morgan fingerprint density at radius 2 is 2.13 bits per heavy atom. The van der Waals surface area contributed by atoms with Crippen LogP contribution in [0.5, 0.6) is 0 Å². The second-order valence-electron chi connectivity index (χ2n) is 6.44. The third-order valence-corrected chi connectivity index (χ3v) is 3.49. The van der Waals surface area contributed by atoms with Gasteiger partial charge < -0.3 is 15.7 Å². The van der Waals surface area contributed by atoms with Crippen LogP contribution >= 0.6 is 0 Å². The molecule has 2 aromatic rings. The number of hydrogen-bond acceptors (Lipinski definition) is 4. The van der Waals surface area contributed by atoms with Crippen LogP contribution in [0, 0.1) is 5.41 Å². The van der Waals surface area contributed by atoms with Crippen LogP contribution in [-0.2, 0) is 6.54 Å². The van der Waals surface area contributed by atoms with Gasteiger partial charge in [-0.15, -0.1) is 0 Å². The first-order valence-corrected chi connectivity index (χ1v) is 7.49. The summed E-state index contributed by atoms with van der Waals surface area (Å²) < 4.78 is 1.80. The lowest BCUT2D eigenvalue weighted by Gasteiger charge is -2.25. The number of pyridine rings is 1. The first-order chi connectivity index (χ1) is 10.9. The Hall–Kier alpha value is -2.41. The SMILES string of the molecule is CC(C)(C)C(O)CNC(=O)NCc1ccc(-n2ccnc2)nc1. The molecule has 0 saturated carbocycles. The van der Waals surface area contributed by atoms with Crippen LogP contribution in [0.4, 0.5) is 4.79 Å². The minimum absolute atomic E-state index is 0.215. The second-order valence-corrected chi connectivity index (χ2v) is 6.44. The molecule has 2 heterocycles. The summed E-state index contributed by atoms with van der Waals surface area (Å²) in [4.78, 5) is 20.0. The molecular weight excluding hydrogens is 294 g/mol. The van der Waals surface area contributed by atoms with Gasteiger partial charge in [-0.2, -0.15) is 0 Å². The van der Waals surface area contributed by atoms with E-state index in [4.69, 9.17) is 0 Å². The molecule has 0 saturated heterocycles. The van der Waals surface area contributed by atoms with Gasteiger partial charge in [-0.1, -0.05) is 26.8 Å². The van der Waals surface area contributed by atoms with Gasteiger partial charge in [0.1, 0.15) is 12.1 Å². The van der Waals surface area contributed by atoms with E-state index in [-0.39, 0.29) is 18.0 Å². The standard InChI is InChI=1S/C16H23N5O2/c1-16(2,3)13(22)10-20-15(23)19-9-12-4-5-14(18-8-12)21-7-6-17-11-21/h4-8,11,13,22H,9-10H2,1-3H3,(H2,19,20,23). The second kappa shape index (κ2) is 7.23. The lowest BCUT2D eigenvalue weighted by molar-refractivity contribution is 0.0650. The van der Waals surface area contributed by atoms with E-state index in [1.807, 2.05) is 39.1 Å². The molecule has 7 nitrogen and oxygen atoms in total. The molecule has 2 aromatic heterocycles. The van der Waals surface area contributed by atoms with E-state index in [1.54, 1.807) is 23.3 Å². The van der Waals surface area contributed by atoms with Gasteiger partial charge in [0, 0.05) is 31.7 Å². The highest BCUT2D eigenvalue weighted by molar-refractivity contribution is 5.73. The highest BCUT2D eigenvalue weighted by Crippen LogP contribution is 2.17. The van der Waals surface area contributed by atoms with Crippen LogP contribution in [0.1, 0.15) is 26.3 Å². The summed E-state index contributed by atoms with van der Waals surface area (Å²) in [6, 6.07) is 3.44. The largest absolute Gasteiger partial charge is 0.391 e. The third kappa shape index (κ3) is 5.07. The highest BCUT2D eigenvalue weighted by Gasteiger charge is 2.22. The Balaban J connectivity index is 1.78. The summed E-state index contributed by atoms with van der Waals surface area (Å²) in [5.74, 6) is 0.768. The average Bonchev–Trinajstić information content (AvgIpc) is 3.04. The number of nitrogens with one attached hydrogen (secondary N) is 2. The lowest BCUT2D eigenvalue weighted by Crippen LogP contribution is -2.43. The fraction of sp³-hybridized carbons (Fsp3) is 0.438. The lowest BCUT2D eigenvalue weighted by atomic mass is 9.89. The zero-order chi connectivity index (χ0) is 16.9. The Kier molecular flexibility index (Phi) is 5.33. The van der Waals surface area contributed by atoms with Crippen LogP contribution < -0.4 is 10.6 Å². The van der Waals surface area contributed by atoms with E-state index < -0.39 is 6.10 Å². The van der Waals surface area contributed by atoms with Gasteiger partial charge in [0.05, 0.1) is 6.10 Å². The molecule has 0 aliphatic carbocycles. The summed E-state index contributed by atoms with van der Waals surface area (Å²) >= 11 is 0. The zero-order valence-corrected chi connectivity index (χ0v) is 13.7. The van der Waals surface area contributed by atoms with Gasteiger partial charge >= 0.3 is 6.03 Å². The average molecular weight is 317 g/mol. The summed E-state index contributed by atoms with van der Waals surface area (Å²) in [6.45, 7) is 6.35. The van der Waals surface area contributed by atoms with Crippen LogP contribution in [0.25, 0.3) is 5.82 Å². The number of amides is 2. The Labute approximate surface area is 135 Å². The number of urea groups is 1. The summed E-state index contributed by atoms with van der Waals surface area (Å²) in [6.07, 6.45) is 6.29. The molecule has 0 radical (unpaired) electrons. The maximum atomic E-state index is 11.7. The summed E-state index contributed by atoms with van der Waals surface area (Å²) in [7, 11) is 0. The van der Waals surface area contributed by atoms with Gasteiger partial charge in [0.25, 0.3) is 0 Å². The highest BCUT2D eigenvalue weighted by atomic mass is 16.3. The quantitative estimate of drug-likeness (QED) is 0.779. The normalized spacial score (nSPS) is 12.7. The molecule has 0 spiro atoms. The van der Waals surface area contributed by atoms with Crippen LogP contribution in [0.3, 0.4) is 0 Å². The number of aliphatic hydroxyl groups excluding tert-OH is 1. The van der Waals surface area contributed by atoms with Crippen LogP contribution in [-0.4, -0.2) is 38.3 Å². The maximum absolute atomic E-state index is 11.7. The maximum Gasteiger partial charge on any atom is 0.315 e. The number of imidazole rings is 1. The fourth-order valence-electron chi connectivity index (χ4n) is 1.81. The topological polar surface area (TPSA) is 92.1 Å². The molecule has 2 amide bonds. The predicted octanol–water partition coefficient (Wildman–Crippen LogP) is 1.47. The Bertz CT molecular complexity index is 617. The third-order valence-electron chi connectivity index (χ3n) is 3.49. The molecule has 0 aromatic carbocycles. The molecule has 7 heteroatoms. The van der Waals surface area contributed by atoms with Crippen molar-refractivity contribution in [2.45, 2.75) is 33.4 Å². The van der Waals surface area contributed by atoms with Crippen molar-refractivity contribution in [1.82, 2.24) is 25.2 Å². The summed E-state index contributed by atoms with van der Waals surface area (Å²) in [5.41, 5.74) is 0.626. The van der Waals surface area contributed by atoms with Crippen molar-refractivity contribution in [3.63, 3.8) is 0 Å². The van der Waals surface area contributed by atoms with Gasteiger partial charge in [-0.3, -0.25) is 4.57 Å². The summed E-state index contributed by atoms with van der Waals surface area (Å²) in [5, 5.41) is 15.3. The van der Waals surface area contributed by atoms with E-state index in [2.05, 4.69) is 20.6 Å². The van der Waals surface area contributed by atoms with E-state index in [0.717, 1.165) is 11.4 Å². The van der Waals surface area contributed by atoms with Crippen molar-refractivity contribution in [2.24, 2.45) is 5.41 Å². The molecule has 0 aliphatic rings. The number of rotatable bonds is 5. The number of nitrogens with zero attached hydrogens (tertiary/aromatic N) is 3. The molecule has 0 fully saturated rings. The molecule has 1 unspecified atom stereocenters. The molecule has 124 valence electrons. The van der Waals surface area contributed by atoms with Crippen molar-refractivity contribution in [3.8, 4) is 5.82 Å². The predicted molar refractivity (Wildman–Crippen MR) is 87.1 cm³/mol. The number of hydrogen-bond donors (Lipinski definition) is 3. The zero-order valence-electron chi connectivity index (χ0n) is 13.7. The van der Waals surface area contributed by atoms with E-state index in [9.17, 15) is 9.90 Å². The number of carbonyl (C=O) groups is 1. The molecule has 0 bridgehead atoms. The number of carbonyl (C=O) groups excluding carboxylic acids is 1. The fourth-order valence-corrected chi connectivity index (χ4v) is 1.81. The van der Waals surface area contributed by atoms with Gasteiger partial charge in [-0.05, 0) is 17.0 Å². The molecule has 1 atom stereocenters. The molecule has 3 N–H and O–H groups in total. The van der Waals surface area contributed by atoms with E-state index in [0.29, 0.717) is 6.54 Å². The molecule has 2 rings (SSSR count). The van der Waals surface area contributed by atoms with Crippen LogP contribution in [0.2, 0.25) is 0 Å². The number of aliphatic hydroxyl groups is 1. The van der Waals surface area contributed by atoms with Crippen molar-refractivity contribution in [1.29, 1.82) is 0 Å². The smallest absolute Gasteiger partial charge is 0.315 e. The monoisotopic (exact) mass is 317 g/mol. The van der Waals surface area contributed by atoms with Crippen molar-refractivity contribution in [2.75, 3.05) is 6.54 Å². The molecule has 23 heavy (non-hydrogen) atoms. The molecule has 0 aliphatic heterocycles. The Morgan fingerprint density at radius 1 is 1.35 bits per heavy atom. The van der Waals surface area contributed by atoms with Gasteiger partial charge in [-0.25, -0.2) is 14.8 Å². The van der Waals surface area contributed by atoms with Crippen molar-refractivity contribution in [3.05, 3.63) is 42.6 Å². The Morgan fingerprint density at radius 3 is 2.70 bits per heavy atom. The van der Waals surface area contributed by atoms with E-state index >= 15 is 0 Å². The van der Waals surface area contributed by atoms with Gasteiger partial charge in [0.2, 0.25) is 0 Å². The van der Waals surface area contributed by atoms with E-state index in [1.165, 1.54) is 0 Å². The minimum atomic E-state index is -0.593.